The molecule has 90 valence electrons. The minimum Gasteiger partial charge on any atom is -0.440 e. The van der Waals surface area contributed by atoms with Gasteiger partial charge in [0.1, 0.15) is 0 Å². The first-order chi connectivity index (χ1) is 7.40. The monoisotopic (exact) mass is 237 g/mol. The molecule has 0 aliphatic rings. The average molecular weight is 237 g/mol. The van der Waals surface area contributed by atoms with Crippen molar-refractivity contribution in [2.75, 3.05) is 11.9 Å². The fourth-order valence-electron chi connectivity index (χ4n) is 0.895. The number of carbonyl (C=O) groups is 1. The van der Waals surface area contributed by atoms with Gasteiger partial charge in [0.25, 0.3) is 0 Å². The third-order valence-electron chi connectivity index (χ3n) is 1.61. The molecule has 0 aliphatic carbocycles. The molecule has 0 saturated carbocycles. The van der Waals surface area contributed by atoms with Crippen LogP contribution in [0.25, 0.3) is 0 Å². The topological polar surface area (TPSA) is 67.0 Å². The molecule has 0 aromatic carbocycles. The molecule has 1 amide bonds. The molecule has 8 heteroatoms. The Bertz CT molecular complexity index is 362. The van der Waals surface area contributed by atoms with Crippen LogP contribution in [0.2, 0.25) is 0 Å². The number of rotatable bonds is 3. The van der Waals surface area contributed by atoms with E-state index >= 15 is 0 Å². The summed E-state index contributed by atoms with van der Waals surface area (Å²) in [5.74, 6) is 0.129. The highest BCUT2D eigenvalue weighted by Crippen LogP contribution is 2.15. The van der Waals surface area contributed by atoms with Gasteiger partial charge in [-0.05, 0) is 6.42 Å². The molecule has 0 spiro atoms. The molecular weight excluding hydrogens is 227 g/mol. The van der Waals surface area contributed by atoms with Crippen LogP contribution in [0.15, 0.2) is 6.07 Å². The second-order valence-corrected chi connectivity index (χ2v) is 2.95. The number of hydrogen-bond acceptors (Lipinski definition) is 3. The van der Waals surface area contributed by atoms with Crippen LogP contribution >= 0.6 is 0 Å². The number of amides is 1. The van der Waals surface area contributed by atoms with Crippen LogP contribution in [0.1, 0.15) is 12.6 Å². The predicted octanol–water partition coefficient (Wildman–Crippen LogP) is 2.08. The Morgan fingerprint density at radius 3 is 2.81 bits per heavy atom. The van der Waals surface area contributed by atoms with Crippen molar-refractivity contribution in [2.24, 2.45) is 0 Å². The minimum absolute atomic E-state index is 0.129. The molecule has 1 aromatic heterocycles. The quantitative estimate of drug-likeness (QED) is 0.845. The number of H-pyrrole nitrogens is 1. The molecule has 5 nitrogen and oxygen atoms in total. The van der Waals surface area contributed by atoms with Crippen LogP contribution < -0.4 is 5.32 Å². The van der Waals surface area contributed by atoms with E-state index in [0.29, 0.717) is 6.42 Å². The molecule has 0 atom stereocenters. The lowest BCUT2D eigenvalue weighted by atomic mass is 10.3. The Labute approximate surface area is 89.0 Å². The van der Waals surface area contributed by atoms with Gasteiger partial charge in [-0.1, -0.05) is 6.92 Å². The van der Waals surface area contributed by atoms with Gasteiger partial charge >= 0.3 is 12.3 Å². The predicted molar refractivity (Wildman–Crippen MR) is 49.0 cm³/mol. The highest BCUT2D eigenvalue weighted by atomic mass is 19.4. The number of carbonyl (C=O) groups excluding carboxylic acids is 1. The number of anilines is 1. The molecular formula is C8H10F3N3O2. The van der Waals surface area contributed by atoms with Gasteiger partial charge in [-0.15, -0.1) is 0 Å². The third-order valence-corrected chi connectivity index (χ3v) is 1.61. The fourth-order valence-corrected chi connectivity index (χ4v) is 0.895. The molecule has 0 saturated heterocycles. The van der Waals surface area contributed by atoms with E-state index in [0.717, 1.165) is 5.69 Å². The molecule has 2 N–H and O–H groups in total. The maximum atomic E-state index is 11.7. The number of aromatic nitrogens is 2. The number of nitrogens with one attached hydrogen (secondary N) is 2. The zero-order chi connectivity index (χ0) is 12.2. The molecule has 0 radical (unpaired) electrons. The van der Waals surface area contributed by atoms with Crippen molar-refractivity contribution in [1.29, 1.82) is 0 Å². The van der Waals surface area contributed by atoms with Crippen molar-refractivity contribution in [3.8, 4) is 0 Å². The first kappa shape index (κ1) is 12.3. The average Bonchev–Trinajstić information content (AvgIpc) is 2.61. The highest BCUT2D eigenvalue weighted by molar-refractivity contribution is 5.83. The molecule has 0 bridgehead atoms. The van der Waals surface area contributed by atoms with Gasteiger partial charge in [-0.3, -0.25) is 10.4 Å². The van der Waals surface area contributed by atoms with E-state index < -0.39 is 18.9 Å². The SMILES string of the molecule is CCc1cc(NC(=O)OCC(F)(F)F)n[nH]1. The van der Waals surface area contributed by atoms with Crippen LogP contribution in [0.5, 0.6) is 0 Å². The zero-order valence-electron chi connectivity index (χ0n) is 8.39. The number of hydrogen-bond donors (Lipinski definition) is 2. The van der Waals surface area contributed by atoms with Gasteiger partial charge in [-0.2, -0.15) is 18.3 Å². The summed E-state index contributed by atoms with van der Waals surface area (Å²) in [6.45, 7) is 0.239. The normalized spacial score (nSPS) is 11.2. The summed E-state index contributed by atoms with van der Waals surface area (Å²) in [5.41, 5.74) is 0.756. The Balaban J connectivity index is 2.40. The maximum absolute atomic E-state index is 11.7. The summed E-state index contributed by atoms with van der Waals surface area (Å²) in [6.07, 6.45) is -5.05. The standard InChI is InChI=1S/C8H10F3N3O2/c1-2-5-3-6(14-13-5)12-7(15)16-4-8(9,10)11/h3H,2,4H2,1H3,(H2,12,13,14,15). The third kappa shape index (κ3) is 4.20. The number of aryl methyl sites for hydroxylation is 1. The van der Waals surface area contributed by atoms with E-state index in [2.05, 4.69) is 20.3 Å². The van der Waals surface area contributed by atoms with E-state index in [-0.39, 0.29) is 5.82 Å². The van der Waals surface area contributed by atoms with Crippen LogP contribution in [-0.2, 0) is 11.2 Å². The zero-order valence-corrected chi connectivity index (χ0v) is 8.39. The summed E-state index contributed by atoms with van der Waals surface area (Å²) in [5, 5.41) is 8.31. The highest BCUT2D eigenvalue weighted by Gasteiger charge is 2.29. The van der Waals surface area contributed by atoms with E-state index in [1.165, 1.54) is 6.07 Å². The summed E-state index contributed by atoms with van der Waals surface area (Å²) in [4.78, 5) is 10.9. The molecule has 1 rings (SSSR count). The first-order valence-electron chi connectivity index (χ1n) is 4.45. The lowest BCUT2D eigenvalue weighted by molar-refractivity contribution is -0.159. The lowest BCUT2D eigenvalue weighted by Gasteiger charge is -2.07. The van der Waals surface area contributed by atoms with Gasteiger partial charge in [-0.25, -0.2) is 4.79 Å². The molecule has 0 fully saturated rings. The Morgan fingerprint density at radius 1 is 1.62 bits per heavy atom. The summed E-state index contributed by atoms with van der Waals surface area (Å²) in [7, 11) is 0. The van der Waals surface area contributed by atoms with Gasteiger partial charge in [0.15, 0.2) is 12.4 Å². The van der Waals surface area contributed by atoms with Crippen molar-refractivity contribution in [1.82, 2.24) is 10.2 Å². The van der Waals surface area contributed by atoms with Gasteiger partial charge in [0.05, 0.1) is 0 Å². The minimum atomic E-state index is -4.53. The molecule has 0 aliphatic heterocycles. The number of aromatic amines is 1. The smallest absolute Gasteiger partial charge is 0.422 e. The second-order valence-electron chi connectivity index (χ2n) is 2.95. The molecule has 1 aromatic rings. The molecule has 16 heavy (non-hydrogen) atoms. The summed E-state index contributed by atoms with van der Waals surface area (Å²) < 4.78 is 39.0. The van der Waals surface area contributed by atoms with E-state index in [1.807, 2.05) is 6.92 Å². The van der Waals surface area contributed by atoms with Crippen molar-refractivity contribution < 1.29 is 22.7 Å². The van der Waals surface area contributed by atoms with Crippen LogP contribution in [0.4, 0.5) is 23.8 Å². The van der Waals surface area contributed by atoms with Crippen LogP contribution in [0, 0.1) is 0 Å². The van der Waals surface area contributed by atoms with Gasteiger partial charge in [0, 0.05) is 11.8 Å². The number of nitrogens with zero attached hydrogens (tertiary/aromatic N) is 1. The Kier molecular flexibility index (Phi) is 3.75. The van der Waals surface area contributed by atoms with Crippen LogP contribution in [-0.4, -0.2) is 29.1 Å². The van der Waals surface area contributed by atoms with E-state index in [1.54, 1.807) is 0 Å². The van der Waals surface area contributed by atoms with Gasteiger partial charge < -0.3 is 4.74 Å². The largest absolute Gasteiger partial charge is 0.440 e. The van der Waals surface area contributed by atoms with E-state index in [4.69, 9.17) is 0 Å². The molecule has 1 heterocycles. The van der Waals surface area contributed by atoms with Crippen molar-refractivity contribution in [3.05, 3.63) is 11.8 Å². The van der Waals surface area contributed by atoms with Crippen molar-refractivity contribution in [3.63, 3.8) is 0 Å². The second kappa shape index (κ2) is 4.86. The summed E-state index contributed by atoms with van der Waals surface area (Å²) in [6, 6.07) is 1.51. The Morgan fingerprint density at radius 2 is 2.31 bits per heavy atom. The maximum Gasteiger partial charge on any atom is 0.422 e. The number of halogens is 3. The van der Waals surface area contributed by atoms with E-state index in [9.17, 15) is 18.0 Å². The van der Waals surface area contributed by atoms with Crippen molar-refractivity contribution >= 4 is 11.9 Å². The molecule has 0 unspecified atom stereocenters. The first-order valence-corrected chi connectivity index (χ1v) is 4.45. The number of alkyl halides is 3. The Hall–Kier alpha value is -1.73. The van der Waals surface area contributed by atoms with Crippen LogP contribution in [0.3, 0.4) is 0 Å². The van der Waals surface area contributed by atoms with Crippen molar-refractivity contribution in [2.45, 2.75) is 19.5 Å². The van der Waals surface area contributed by atoms with Gasteiger partial charge in [0.2, 0.25) is 0 Å². The lowest BCUT2D eigenvalue weighted by Crippen LogP contribution is -2.23. The fraction of sp³-hybridized carbons (Fsp3) is 0.500. The number of ether oxygens (including phenoxy) is 1. The summed E-state index contributed by atoms with van der Waals surface area (Å²) >= 11 is 0.